The molecule has 0 spiro atoms. The van der Waals surface area contributed by atoms with Gasteiger partial charge in [-0.15, -0.1) is 0 Å². The summed E-state index contributed by atoms with van der Waals surface area (Å²) in [5.41, 5.74) is 0. The zero-order chi connectivity index (χ0) is 8.24. The summed E-state index contributed by atoms with van der Waals surface area (Å²) in [6, 6.07) is 12.5. The van der Waals surface area contributed by atoms with Crippen molar-refractivity contribution >= 4 is 0 Å². The van der Waals surface area contributed by atoms with Crippen molar-refractivity contribution in [3.8, 4) is 0 Å². The molecular weight excluding hydrogens is 296 g/mol. The fourth-order valence-corrected chi connectivity index (χ4v) is 0.342. The van der Waals surface area contributed by atoms with E-state index >= 15 is 0 Å². The first-order valence-electron chi connectivity index (χ1n) is 2.36. The van der Waals surface area contributed by atoms with E-state index in [0.29, 0.717) is 0 Å². The van der Waals surface area contributed by atoms with Crippen LogP contribution in [-0.4, -0.2) is 0 Å². The Kier molecular flexibility index (Phi) is 58.9. The summed E-state index contributed by atoms with van der Waals surface area (Å²) in [4.78, 5) is 0. The van der Waals surface area contributed by atoms with Crippen molar-refractivity contribution in [1.29, 1.82) is 10.5 Å². The Balaban J connectivity index is -0.0000000480. The summed E-state index contributed by atoms with van der Waals surface area (Å²) >= 11 is 0. The molecule has 0 saturated heterocycles. The van der Waals surface area contributed by atoms with Crippen molar-refractivity contribution in [3.63, 3.8) is 0 Å². The Morgan fingerprint density at radius 3 is 1.25 bits per heavy atom. The Hall–Kier alpha value is -0.514. The monoisotopic (exact) mass is 299 g/mol. The van der Waals surface area contributed by atoms with Crippen LogP contribution in [0, 0.1) is 29.7 Å². The maximum atomic E-state index is 6.25. The van der Waals surface area contributed by atoms with Crippen molar-refractivity contribution < 1.29 is 39.9 Å². The second-order valence-corrected chi connectivity index (χ2v) is 1.08. The van der Waals surface area contributed by atoms with Crippen LogP contribution in [-0.2, 0) is 39.9 Å². The third-order valence-corrected chi connectivity index (χ3v) is 0.607. The second-order valence-electron chi connectivity index (χ2n) is 1.08. The molecular formula is C8H5N2PdZn-. The van der Waals surface area contributed by atoms with Crippen LogP contribution in [0.3, 0.4) is 0 Å². The van der Waals surface area contributed by atoms with Crippen LogP contribution in [0.15, 0.2) is 30.3 Å². The molecule has 0 aliphatic rings. The smallest absolute Gasteiger partial charge is 0.512 e. The van der Waals surface area contributed by atoms with Crippen molar-refractivity contribution in [3.05, 3.63) is 49.5 Å². The molecule has 0 atom stereocenters. The van der Waals surface area contributed by atoms with E-state index in [-0.39, 0.29) is 39.9 Å². The largest absolute Gasteiger partial charge is 2.00 e. The molecule has 0 aromatic heterocycles. The van der Waals surface area contributed by atoms with Gasteiger partial charge in [-0.2, -0.15) is 36.4 Å². The fraction of sp³-hybridized carbons (Fsp3) is 0. The van der Waals surface area contributed by atoms with Gasteiger partial charge in [-0.3, -0.25) is 0 Å². The van der Waals surface area contributed by atoms with Gasteiger partial charge in [0.05, 0.1) is 0 Å². The molecule has 0 unspecified atom stereocenters. The molecule has 1 rings (SSSR count). The first-order valence-corrected chi connectivity index (χ1v) is 2.36. The minimum atomic E-state index is 0. The molecule has 0 fully saturated rings. The molecule has 60 valence electrons. The Labute approximate surface area is 99.6 Å². The van der Waals surface area contributed by atoms with E-state index in [0.717, 1.165) is 0 Å². The number of rotatable bonds is 0. The van der Waals surface area contributed by atoms with E-state index < -0.39 is 0 Å². The molecule has 1 aromatic rings. The molecule has 0 amide bonds. The van der Waals surface area contributed by atoms with Gasteiger partial charge in [-0.1, -0.05) is 0 Å². The summed E-state index contributed by atoms with van der Waals surface area (Å²) < 4.78 is 0. The van der Waals surface area contributed by atoms with Gasteiger partial charge in [0.15, 0.2) is 0 Å². The van der Waals surface area contributed by atoms with Crippen LogP contribution < -0.4 is 0 Å². The van der Waals surface area contributed by atoms with Crippen molar-refractivity contribution in [2.24, 2.45) is 0 Å². The number of hydrogen-bond donors (Lipinski definition) is 0. The molecule has 0 N–H and O–H groups in total. The van der Waals surface area contributed by atoms with Gasteiger partial charge < -0.3 is 23.7 Å². The van der Waals surface area contributed by atoms with Crippen LogP contribution >= 0.6 is 0 Å². The predicted octanol–water partition coefficient (Wildman–Crippen LogP) is 1.67. The summed E-state index contributed by atoms with van der Waals surface area (Å²) in [6.45, 7) is 9.50. The van der Waals surface area contributed by atoms with Crippen LogP contribution in [0.4, 0.5) is 0 Å². The Morgan fingerprint density at radius 2 is 1.17 bits per heavy atom. The average Bonchev–Trinajstić information content (AvgIpc) is 2.14. The standard InChI is InChI=1S/C6H5.2CN.Pd.Zn/c1-2-4-6-5-3-1;2*1-2;;/h1-5H;;;;/q3*-1;;+2. The number of benzene rings is 1. The third kappa shape index (κ3) is 22.7. The maximum Gasteiger partial charge on any atom is 2.00 e. The molecule has 1 aromatic carbocycles. The second kappa shape index (κ2) is 31.4. The fourth-order valence-electron chi connectivity index (χ4n) is 0.342. The van der Waals surface area contributed by atoms with E-state index in [4.69, 9.17) is 23.7 Å². The zero-order valence-electron chi connectivity index (χ0n) is 6.30. The summed E-state index contributed by atoms with van der Waals surface area (Å²) in [5.74, 6) is 0. The molecule has 0 heterocycles. The molecule has 0 saturated carbocycles. The van der Waals surface area contributed by atoms with Crippen LogP contribution in [0.1, 0.15) is 0 Å². The minimum Gasteiger partial charge on any atom is -0.512 e. The minimum absolute atomic E-state index is 0. The Morgan fingerprint density at radius 1 is 0.833 bits per heavy atom. The maximum absolute atomic E-state index is 6.25. The predicted molar refractivity (Wildman–Crippen MR) is 35.2 cm³/mol. The molecule has 0 aliphatic heterocycles. The first kappa shape index (κ1) is 22.5. The van der Waals surface area contributed by atoms with Crippen LogP contribution in [0.5, 0.6) is 0 Å². The molecule has 12 heavy (non-hydrogen) atoms. The molecule has 4 heteroatoms. The van der Waals surface area contributed by atoms with Gasteiger partial charge in [0, 0.05) is 20.4 Å². The molecule has 0 aliphatic carbocycles. The van der Waals surface area contributed by atoms with Crippen molar-refractivity contribution in [1.82, 2.24) is 0 Å². The van der Waals surface area contributed by atoms with Crippen molar-refractivity contribution in [2.75, 3.05) is 0 Å². The molecule has 0 radical (unpaired) electrons. The van der Waals surface area contributed by atoms with E-state index in [1.54, 1.807) is 0 Å². The average molecular weight is 301 g/mol. The van der Waals surface area contributed by atoms with Gasteiger partial charge in [-0.05, 0) is 0 Å². The van der Waals surface area contributed by atoms with Gasteiger partial charge >= 0.3 is 19.5 Å². The first-order chi connectivity index (χ1) is 5.00. The summed E-state index contributed by atoms with van der Waals surface area (Å²) in [7, 11) is 0. The normalized spacial score (nSPS) is 4.33. The zero-order valence-corrected chi connectivity index (χ0v) is 10.8. The van der Waals surface area contributed by atoms with Gasteiger partial charge in [0.1, 0.15) is 0 Å². The SMILES string of the molecule is [C-]#N.[C-]#N.[Pd].[Zn+2].[c-]1ccccc1. The number of nitrogens with zero attached hydrogens (tertiary/aromatic N) is 2. The Bertz CT molecular complexity index is 141. The van der Waals surface area contributed by atoms with E-state index in [9.17, 15) is 0 Å². The third-order valence-electron chi connectivity index (χ3n) is 0.607. The van der Waals surface area contributed by atoms with Crippen molar-refractivity contribution in [2.45, 2.75) is 0 Å². The van der Waals surface area contributed by atoms with Crippen LogP contribution in [0.25, 0.3) is 0 Å². The van der Waals surface area contributed by atoms with Crippen LogP contribution in [0.2, 0.25) is 0 Å². The summed E-state index contributed by atoms with van der Waals surface area (Å²) in [5, 5.41) is 12.5. The topological polar surface area (TPSA) is 47.6 Å². The van der Waals surface area contributed by atoms with E-state index in [2.05, 4.69) is 6.07 Å². The number of hydrogen-bond acceptors (Lipinski definition) is 2. The van der Waals surface area contributed by atoms with E-state index in [1.165, 1.54) is 0 Å². The quantitative estimate of drug-likeness (QED) is 0.540. The van der Waals surface area contributed by atoms with E-state index in [1.807, 2.05) is 30.3 Å². The molecule has 2 nitrogen and oxygen atoms in total. The molecule has 0 bridgehead atoms. The summed E-state index contributed by atoms with van der Waals surface area (Å²) in [6.07, 6.45) is 0. The van der Waals surface area contributed by atoms with Gasteiger partial charge in [-0.25, -0.2) is 0 Å². The van der Waals surface area contributed by atoms with Gasteiger partial charge in [0.2, 0.25) is 0 Å². The van der Waals surface area contributed by atoms with Gasteiger partial charge in [0.25, 0.3) is 0 Å².